The lowest BCUT2D eigenvalue weighted by Crippen LogP contribution is -2.12. The van der Waals surface area contributed by atoms with Gasteiger partial charge < -0.3 is 4.74 Å². The summed E-state index contributed by atoms with van der Waals surface area (Å²) in [6.45, 7) is 4.06. The fourth-order valence-corrected chi connectivity index (χ4v) is 5.71. The second kappa shape index (κ2) is 12.3. The smallest absolute Gasteiger partial charge is 0.305 e. The summed E-state index contributed by atoms with van der Waals surface area (Å²) < 4.78 is 5.85. The van der Waals surface area contributed by atoms with E-state index >= 15 is 0 Å². The molecule has 0 spiro atoms. The van der Waals surface area contributed by atoms with Gasteiger partial charge in [-0.2, -0.15) is 0 Å². The third-order valence-corrected chi connectivity index (χ3v) is 7.45. The molecule has 0 aliphatic rings. The summed E-state index contributed by atoms with van der Waals surface area (Å²) in [5, 5.41) is 1.58. The largest absolute Gasteiger partial charge is 0.469 e. The number of ketones is 1. The molecule has 33 heavy (non-hydrogen) atoms. The first-order valence-electron chi connectivity index (χ1n) is 11.7. The van der Waals surface area contributed by atoms with Gasteiger partial charge in [-0.05, 0) is 62.3 Å². The minimum Gasteiger partial charge on any atom is -0.469 e. The number of Topliss-reactive ketones (excluding diaryl/α,β-unsaturated/α-hetero) is 1. The minimum atomic E-state index is -0.278. The number of carbonyl (C=O) groups excluding carboxylic acids is 2. The Hall–Kier alpha value is -2.17. The molecule has 1 heterocycles. The molecule has 5 heteroatoms. The van der Waals surface area contributed by atoms with E-state index in [2.05, 4.69) is 31.2 Å². The van der Waals surface area contributed by atoms with Gasteiger partial charge in [-0.15, -0.1) is 11.3 Å². The number of halogens is 1. The van der Waals surface area contributed by atoms with Gasteiger partial charge in [0.15, 0.2) is 5.78 Å². The average molecular weight is 485 g/mol. The van der Waals surface area contributed by atoms with E-state index in [-0.39, 0.29) is 24.1 Å². The topological polar surface area (TPSA) is 43.4 Å². The average Bonchev–Trinajstić information content (AvgIpc) is 3.13. The number of methoxy groups -OCH3 is 1. The summed E-state index contributed by atoms with van der Waals surface area (Å²) in [6.07, 6.45) is 7.17. The highest BCUT2D eigenvalue weighted by molar-refractivity contribution is 7.19. The standard InChI is InChI=1S/C28H33ClO3S/c1-19-9-8-11-21(15-19)10-6-4-5-7-12-26-28(23-18-22(29)13-14-25(23)33-26)24(30)16-20(2)17-27(31)32-3/h8-9,11,13-15,18,20H,4-7,10,12,16-17H2,1-3H3/t20-/m0/s1. The molecule has 3 nitrogen and oxygen atoms in total. The van der Waals surface area contributed by atoms with Crippen molar-refractivity contribution in [3.63, 3.8) is 0 Å². The van der Waals surface area contributed by atoms with Crippen LogP contribution in [0, 0.1) is 12.8 Å². The number of benzene rings is 2. The number of carbonyl (C=O) groups is 2. The lowest BCUT2D eigenvalue weighted by molar-refractivity contribution is -0.141. The van der Waals surface area contributed by atoms with Crippen LogP contribution in [0.1, 0.15) is 71.8 Å². The van der Waals surface area contributed by atoms with E-state index in [9.17, 15) is 9.59 Å². The fraction of sp³-hybridized carbons (Fsp3) is 0.429. The SMILES string of the molecule is COC(=O)C[C@@H](C)CC(=O)c1c(CCCCCCc2cccc(C)c2)sc2ccc(Cl)cc12. The van der Waals surface area contributed by atoms with Crippen molar-refractivity contribution in [2.24, 2.45) is 5.92 Å². The van der Waals surface area contributed by atoms with E-state index in [1.54, 1.807) is 11.3 Å². The molecule has 1 aromatic heterocycles. The monoisotopic (exact) mass is 484 g/mol. The maximum atomic E-state index is 13.3. The van der Waals surface area contributed by atoms with Gasteiger partial charge in [0.1, 0.15) is 0 Å². The quantitative estimate of drug-likeness (QED) is 0.149. The van der Waals surface area contributed by atoms with Crippen LogP contribution in [0.15, 0.2) is 42.5 Å². The van der Waals surface area contributed by atoms with Gasteiger partial charge in [-0.3, -0.25) is 9.59 Å². The number of hydrogen-bond acceptors (Lipinski definition) is 4. The van der Waals surface area contributed by atoms with Gasteiger partial charge in [-0.1, -0.05) is 61.2 Å². The van der Waals surface area contributed by atoms with Crippen molar-refractivity contribution < 1.29 is 14.3 Å². The number of aryl methyl sites for hydroxylation is 3. The van der Waals surface area contributed by atoms with Crippen LogP contribution in [0.4, 0.5) is 0 Å². The first-order valence-corrected chi connectivity index (χ1v) is 12.9. The van der Waals surface area contributed by atoms with Crippen molar-refractivity contribution in [1.29, 1.82) is 0 Å². The van der Waals surface area contributed by atoms with Crippen LogP contribution < -0.4 is 0 Å². The fourth-order valence-electron chi connectivity index (χ4n) is 4.30. The normalized spacial score (nSPS) is 12.1. The van der Waals surface area contributed by atoms with E-state index in [1.807, 2.05) is 25.1 Å². The van der Waals surface area contributed by atoms with Crippen molar-refractivity contribution in [1.82, 2.24) is 0 Å². The molecule has 0 aliphatic heterocycles. The van der Waals surface area contributed by atoms with Crippen LogP contribution in [0.2, 0.25) is 5.02 Å². The molecule has 2 aromatic carbocycles. The van der Waals surface area contributed by atoms with Crippen LogP contribution in [0.25, 0.3) is 10.1 Å². The van der Waals surface area contributed by atoms with E-state index in [4.69, 9.17) is 16.3 Å². The molecule has 1 atom stereocenters. The molecule has 0 fully saturated rings. The molecular weight excluding hydrogens is 452 g/mol. The molecule has 0 bridgehead atoms. The zero-order valence-corrected chi connectivity index (χ0v) is 21.4. The molecule has 176 valence electrons. The Morgan fingerprint density at radius 3 is 2.48 bits per heavy atom. The Kier molecular flexibility index (Phi) is 9.52. The predicted octanol–water partition coefficient (Wildman–Crippen LogP) is 7.98. The number of esters is 1. The van der Waals surface area contributed by atoms with Crippen LogP contribution in [-0.2, 0) is 22.4 Å². The van der Waals surface area contributed by atoms with Crippen LogP contribution in [0.3, 0.4) is 0 Å². The second-order valence-electron chi connectivity index (χ2n) is 8.96. The molecule has 0 unspecified atom stereocenters. The maximum absolute atomic E-state index is 13.3. The molecule has 0 aliphatic carbocycles. The van der Waals surface area contributed by atoms with Crippen molar-refractivity contribution >= 4 is 44.8 Å². The van der Waals surface area contributed by atoms with Crippen molar-refractivity contribution in [2.75, 3.05) is 7.11 Å². The Bertz CT molecular complexity index is 1100. The van der Waals surface area contributed by atoms with E-state index in [0.29, 0.717) is 11.4 Å². The minimum absolute atomic E-state index is 0.0615. The number of thiophene rings is 1. The summed E-state index contributed by atoms with van der Waals surface area (Å²) in [5.41, 5.74) is 3.52. The zero-order valence-electron chi connectivity index (χ0n) is 19.8. The Balaban J connectivity index is 1.61. The molecule has 0 saturated carbocycles. The lowest BCUT2D eigenvalue weighted by Gasteiger charge is -2.10. The molecule has 0 N–H and O–H groups in total. The Morgan fingerprint density at radius 2 is 1.76 bits per heavy atom. The first-order chi connectivity index (χ1) is 15.9. The Morgan fingerprint density at radius 1 is 1.00 bits per heavy atom. The summed E-state index contributed by atoms with van der Waals surface area (Å²) >= 11 is 7.95. The van der Waals surface area contributed by atoms with E-state index < -0.39 is 0 Å². The van der Waals surface area contributed by atoms with Crippen molar-refractivity contribution in [2.45, 2.75) is 65.2 Å². The van der Waals surface area contributed by atoms with Crippen LogP contribution >= 0.6 is 22.9 Å². The van der Waals surface area contributed by atoms with Crippen molar-refractivity contribution in [3.8, 4) is 0 Å². The van der Waals surface area contributed by atoms with E-state index in [0.717, 1.165) is 46.2 Å². The van der Waals surface area contributed by atoms with Gasteiger partial charge in [0.25, 0.3) is 0 Å². The second-order valence-corrected chi connectivity index (χ2v) is 10.5. The van der Waals surface area contributed by atoms with Crippen LogP contribution in [-0.4, -0.2) is 18.9 Å². The van der Waals surface area contributed by atoms with Crippen LogP contribution in [0.5, 0.6) is 0 Å². The number of hydrogen-bond donors (Lipinski definition) is 0. The van der Waals surface area contributed by atoms with Gasteiger partial charge in [-0.25, -0.2) is 0 Å². The number of ether oxygens (including phenoxy) is 1. The zero-order chi connectivity index (χ0) is 23.8. The van der Waals surface area contributed by atoms with E-state index in [1.165, 1.54) is 31.1 Å². The lowest BCUT2D eigenvalue weighted by atomic mass is 9.94. The summed E-state index contributed by atoms with van der Waals surface area (Å²) in [6, 6.07) is 14.5. The first kappa shape index (κ1) is 25.5. The van der Waals surface area contributed by atoms with Gasteiger partial charge >= 0.3 is 5.97 Å². The summed E-state index contributed by atoms with van der Waals surface area (Å²) in [7, 11) is 1.38. The van der Waals surface area contributed by atoms with Crippen molar-refractivity contribution in [3.05, 3.63) is 69.1 Å². The molecule has 3 aromatic rings. The van der Waals surface area contributed by atoms with Gasteiger partial charge in [0.05, 0.1) is 7.11 Å². The molecule has 0 amide bonds. The highest BCUT2D eigenvalue weighted by atomic mass is 35.5. The third kappa shape index (κ3) is 7.41. The summed E-state index contributed by atoms with van der Waals surface area (Å²) in [5.74, 6) is -0.248. The number of fused-ring (bicyclic) bond motifs is 1. The number of rotatable bonds is 12. The van der Waals surface area contributed by atoms with Gasteiger partial charge in [0, 0.05) is 38.4 Å². The summed E-state index contributed by atoms with van der Waals surface area (Å²) in [4.78, 5) is 26.0. The maximum Gasteiger partial charge on any atom is 0.305 e. The number of unbranched alkanes of at least 4 members (excludes halogenated alkanes) is 3. The third-order valence-electron chi connectivity index (χ3n) is 5.98. The predicted molar refractivity (Wildman–Crippen MR) is 139 cm³/mol. The van der Waals surface area contributed by atoms with Gasteiger partial charge in [0.2, 0.25) is 0 Å². The molecule has 0 radical (unpaired) electrons. The highest BCUT2D eigenvalue weighted by Crippen LogP contribution is 2.36. The molecular formula is C28H33ClO3S. The molecule has 0 saturated heterocycles. The molecule has 3 rings (SSSR count). The Labute approximate surface area is 206 Å². The highest BCUT2D eigenvalue weighted by Gasteiger charge is 2.22.